The lowest BCUT2D eigenvalue weighted by atomic mass is 10.0. The van der Waals surface area contributed by atoms with E-state index in [9.17, 15) is 9.90 Å². The van der Waals surface area contributed by atoms with Gasteiger partial charge in [-0.25, -0.2) is 4.79 Å². The summed E-state index contributed by atoms with van der Waals surface area (Å²) in [5.41, 5.74) is 4.93. The highest BCUT2D eigenvalue weighted by Gasteiger charge is 2.30. The van der Waals surface area contributed by atoms with E-state index in [-0.39, 0.29) is 25.1 Å². The molecule has 2 rings (SSSR count). The Morgan fingerprint density at radius 2 is 2.41 bits per heavy atom. The molecule has 7 heteroatoms. The third-order valence-electron chi connectivity index (χ3n) is 2.87. The minimum atomic E-state index is -0.789. The van der Waals surface area contributed by atoms with Crippen molar-refractivity contribution in [3.63, 3.8) is 0 Å². The van der Waals surface area contributed by atoms with E-state index in [2.05, 4.69) is 4.98 Å². The summed E-state index contributed by atoms with van der Waals surface area (Å²) in [5.74, 6) is 0.164. The second-order valence-electron chi connectivity index (χ2n) is 4.05. The van der Waals surface area contributed by atoms with E-state index in [0.717, 1.165) is 0 Å². The quantitative estimate of drug-likeness (QED) is 0.581. The summed E-state index contributed by atoms with van der Waals surface area (Å²) >= 11 is 0. The summed E-state index contributed by atoms with van der Waals surface area (Å²) in [4.78, 5) is 15.2. The lowest BCUT2D eigenvalue weighted by molar-refractivity contribution is -0.113. The van der Waals surface area contributed by atoms with Crippen LogP contribution in [0.4, 0.5) is 5.82 Å². The van der Waals surface area contributed by atoms with Crippen molar-refractivity contribution in [1.29, 1.82) is 0 Å². The molecule has 4 N–H and O–H groups in total. The Balaban J connectivity index is 2.16. The van der Waals surface area contributed by atoms with Gasteiger partial charge in [0.1, 0.15) is 11.9 Å². The second kappa shape index (κ2) is 4.82. The smallest absolute Gasteiger partial charge is 0.349 e. The van der Waals surface area contributed by atoms with Crippen molar-refractivity contribution in [3.8, 4) is 0 Å². The van der Waals surface area contributed by atoms with Crippen LogP contribution in [0.5, 0.6) is 0 Å². The van der Waals surface area contributed by atoms with Crippen LogP contribution in [-0.4, -0.2) is 45.2 Å². The number of nitrogen functional groups attached to an aromatic ring is 1. The molecule has 3 atom stereocenters. The van der Waals surface area contributed by atoms with Gasteiger partial charge in [-0.3, -0.25) is 4.57 Å². The third kappa shape index (κ3) is 2.46. The molecule has 0 aliphatic carbocycles. The highest BCUT2D eigenvalue weighted by atomic mass is 16.5. The van der Waals surface area contributed by atoms with E-state index < -0.39 is 17.9 Å². The minimum absolute atomic E-state index is 0.164. The molecular weight excluding hydrogens is 226 g/mol. The van der Waals surface area contributed by atoms with Crippen LogP contribution >= 0.6 is 0 Å². The molecule has 1 aliphatic rings. The predicted molar refractivity (Wildman–Crippen MR) is 59.4 cm³/mol. The number of nitrogens with zero attached hydrogens (tertiary/aromatic N) is 2. The Morgan fingerprint density at radius 1 is 1.65 bits per heavy atom. The first-order chi connectivity index (χ1) is 8.11. The molecule has 1 aromatic heterocycles. The van der Waals surface area contributed by atoms with Gasteiger partial charge < -0.3 is 20.7 Å². The average molecular weight is 241 g/mol. The Morgan fingerprint density at radius 3 is 3.00 bits per heavy atom. The largest absolute Gasteiger partial charge is 0.394 e. The van der Waals surface area contributed by atoms with E-state index in [1.165, 1.54) is 16.8 Å². The van der Waals surface area contributed by atoms with Crippen molar-refractivity contribution < 1.29 is 14.9 Å². The summed E-state index contributed by atoms with van der Waals surface area (Å²) in [6, 6.07) is 1.24. The van der Waals surface area contributed by atoms with E-state index in [1.807, 2.05) is 0 Å². The van der Waals surface area contributed by atoms with Gasteiger partial charge in [0.05, 0.1) is 25.4 Å². The second-order valence-corrected chi connectivity index (χ2v) is 4.05. The van der Waals surface area contributed by atoms with Crippen molar-refractivity contribution in [2.24, 2.45) is 0 Å². The molecule has 0 aromatic carbocycles. The summed E-state index contributed by atoms with van der Waals surface area (Å²) in [6.07, 6.45) is 0.508. The molecule has 0 amide bonds. The Labute approximate surface area is 97.5 Å². The molecule has 0 radical (unpaired) electrons. The number of hydrogen-bond donors (Lipinski definition) is 3. The Kier molecular flexibility index (Phi) is 3.41. The standard InChI is InChI=1S/C10H15N3O4/c11-9-1-2-13(10(16)12-9)6-3-7(15)8(4-14)17-5-6/h1-2,6-8,14-15H,3-5H2,(H2,11,12,16)/t6-,7-,8+/m0/s1. The summed E-state index contributed by atoms with van der Waals surface area (Å²) in [7, 11) is 0. The van der Waals surface area contributed by atoms with Gasteiger partial charge >= 0.3 is 5.69 Å². The number of aromatic nitrogens is 2. The Bertz CT molecular complexity index is 447. The van der Waals surface area contributed by atoms with E-state index in [0.29, 0.717) is 6.42 Å². The molecule has 0 saturated carbocycles. The van der Waals surface area contributed by atoms with Gasteiger partial charge in [0.15, 0.2) is 0 Å². The van der Waals surface area contributed by atoms with Crippen molar-refractivity contribution in [2.75, 3.05) is 18.9 Å². The number of nitrogens with two attached hydrogens (primary N) is 1. The van der Waals surface area contributed by atoms with Gasteiger partial charge in [-0.05, 0) is 12.5 Å². The maximum absolute atomic E-state index is 11.6. The highest BCUT2D eigenvalue weighted by Crippen LogP contribution is 2.22. The number of aliphatic hydroxyl groups is 2. The Hall–Kier alpha value is -1.44. The van der Waals surface area contributed by atoms with Crippen LogP contribution in [0.3, 0.4) is 0 Å². The van der Waals surface area contributed by atoms with Crippen LogP contribution in [0, 0.1) is 0 Å². The van der Waals surface area contributed by atoms with Crippen LogP contribution < -0.4 is 11.4 Å². The van der Waals surface area contributed by atoms with Crippen LogP contribution in [0.15, 0.2) is 17.1 Å². The maximum Gasteiger partial charge on any atom is 0.349 e. The highest BCUT2D eigenvalue weighted by molar-refractivity contribution is 5.23. The third-order valence-corrected chi connectivity index (χ3v) is 2.87. The number of anilines is 1. The first kappa shape index (κ1) is 12.0. The molecule has 1 aromatic rings. The fraction of sp³-hybridized carbons (Fsp3) is 0.600. The molecule has 0 bridgehead atoms. The van der Waals surface area contributed by atoms with Crippen molar-refractivity contribution in [1.82, 2.24) is 9.55 Å². The first-order valence-corrected chi connectivity index (χ1v) is 5.37. The van der Waals surface area contributed by atoms with Crippen LogP contribution in [-0.2, 0) is 4.74 Å². The zero-order chi connectivity index (χ0) is 12.4. The zero-order valence-corrected chi connectivity index (χ0v) is 9.19. The van der Waals surface area contributed by atoms with E-state index >= 15 is 0 Å². The number of aliphatic hydroxyl groups excluding tert-OH is 2. The lowest BCUT2D eigenvalue weighted by Gasteiger charge is -2.32. The van der Waals surface area contributed by atoms with Gasteiger partial charge in [0.25, 0.3) is 0 Å². The maximum atomic E-state index is 11.6. The minimum Gasteiger partial charge on any atom is -0.394 e. The summed E-state index contributed by atoms with van der Waals surface area (Å²) in [5, 5.41) is 18.6. The van der Waals surface area contributed by atoms with Gasteiger partial charge in [-0.1, -0.05) is 0 Å². The van der Waals surface area contributed by atoms with Crippen LogP contribution in [0.1, 0.15) is 12.5 Å². The summed E-state index contributed by atoms with van der Waals surface area (Å²) in [6.45, 7) is 0.0244. The molecular formula is C10H15N3O4. The van der Waals surface area contributed by atoms with Gasteiger partial charge in [0.2, 0.25) is 0 Å². The number of ether oxygens (including phenoxy) is 1. The molecule has 1 saturated heterocycles. The molecule has 94 valence electrons. The van der Waals surface area contributed by atoms with Gasteiger partial charge in [-0.15, -0.1) is 0 Å². The van der Waals surface area contributed by atoms with Crippen molar-refractivity contribution in [2.45, 2.75) is 24.7 Å². The molecule has 1 fully saturated rings. The van der Waals surface area contributed by atoms with Gasteiger partial charge in [0, 0.05) is 6.20 Å². The predicted octanol–water partition coefficient (Wildman–Crippen LogP) is -1.49. The fourth-order valence-electron chi connectivity index (χ4n) is 1.92. The van der Waals surface area contributed by atoms with Gasteiger partial charge in [-0.2, -0.15) is 4.98 Å². The van der Waals surface area contributed by atoms with E-state index in [1.54, 1.807) is 0 Å². The normalized spacial score (nSPS) is 29.2. The monoisotopic (exact) mass is 241 g/mol. The average Bonchev–Trinajstić information content (AvgIpc) is 2.29. The first-order valence-electron chi connectivity index (χ1n) is 5.37. The van der Waals surface area contributed by atoms with Crippen molar-refractivity contribution in [3.05, 3.63) is 22.7 Å². The number of rotatable bonds is 2. The van der Waals surface area contributed by atoms with Crippen LogP contribution in [0.25, 0.3) is 0 Å². The molecule has 1 aliphatic heterocycles. The summed E-state index contributed by atoms with van der Waals surface area (Å²) < 4.78 is 6.66. The van der Waals surface area contributed by atoms with Crippen molar-refractivity contribution >= 4 is 5.82 Å². The molecule has 0 unspecified atom stereocenters. The molecule has 17 heavy (non-hydrogen) atoms. The molecule has 0 spiro atoms. The number of hydrogen-bond acceptors (Lipinski definition) is 6. The molecule has 7 nitrogen and oxygen atoms in total. The topological polar surface area (TPSA) is 111 Å². The van der Waals surface area contributed by atoms with E-state index in [4.69, 9.17) is 15.6 Å². The lowest BCUT2D eigenvalue weighted by Crippen LogP contribution is -2.43. The SMILES string of the molecule is Nc1ccn([C@@H]2CO[C@H](CO)[C@@H](O)C2)c(=O)n1. The zero-order valence-electron chi connectivity index (χ0n) is 9.19. The fourth-order valence-corrected chi connectivity index (χ4v) is 1.92. The molecule has 2 heterocycles. The van der Waals surface area contributed by atoms with Crippen LogP contribution in [0.2, 0.25) is 0 Å².